The van der Waals surface area contributed by atoms with Crippen LogP contribution in [0.4, 0.5) is 4.79 Å². The molecule has 0 aromatic carbocycles. The molecule has 0 radical (unpaired) electrons. The second-order valence-electron chi connectivity index (χ2n) is 2.41. The lowest BCUT2D eigenvalue weighted by molar-refractivity contribution is 0.129. The highest BCUT2D eigenvalue weighted by atomic mass is 16.5. The summed E-state index contributed by atoms with van der Waals surface area (Å²) in [4.78, 5) is 23.4. The van der Waals surface area contributed by atoms with Crippen LogP contribution < -0.4 is 11.1 Å². The van der Waals surface area contributed by atoms with E-state index < -0.39 is 5.76 Å². The van der Waals surface area contributed by atoms with Gasteiger partial charge in [0.25, 0.3) is 0 Å². The maximum absolute atomic E-state index is 10.1. The Morgan fingerprint density at radius 3 is 2.57 bits per heavy atom. The van der Waals surface area contributed by atoms with Gasteiger partial charge in [0.15, 0.2) is 0 Å². The average Bonchev–Trinajstić information content (AvgIpc) is 2.21. The van der Waals surface area contributed by atoms with Gasteiger partial charge in [-0.1, -0.05) is 0 Å². The minimum atomic E-state index is -0.553. The summed E-state index contributed by atoms with van der Waals surface area (Å²) in [6.07, 6.45) is 3.32. The van der Waals surface area contributed by atoms with Gasteiger partial charge in [0.2, 0.25) is 0 Å². The smallest absolute Gasteiger partial charge is 0.438 e. The number of nitrogens with one attached hydrogen (secondary N) is 1. The summed E-state index contributed by atoms with van der Waals surface area (Å²) in [6.45, 7) is 1.34. The number of amides is 1. The largest absolute Gasteiger partial charge is 0.449 e. The van der Waals surface area contributed by atoms with Crippen molar-refractivity contribution in [2.75, 3.05) is 13.2 Å². The number of carbonyl (C=O) groups is 1. The van der Waals surface area contributed by atoms with Crippen LogP contribution >= 0.6 is 0 Å². The number of hydrogen-bond acceptors (Lipinski definition) is 5. The van der Waals surface area contributed by atoms with Gasteiger partial charge in [-0.25, -0.2) is 9.59 Å². The van der Waals surface area contributed by atoms with Crippen LogP contribution in [-0.4, -0.2) is 24.2 Å². The zero-order valence-electron chi connectivity index (χ0n) is 7.43. The average molecular weight is 198 g/mol. The summed E-state index contributed by atoms with van der Waals surface area (Å²) in [6, 6.07) is 1.54. The summed E-state index contributed by atoms with van der Waals surface area (Å²) in [5.41, 5.74) is 0. The molecule has 1 aliphatic heterocycles. The first-order chi connectivity index (χ1) is 6.79. The number of alkyl carbamates (subject to hydrolysis) is 1. The fraction of sp³-hybridized carbons (Fsp3) is 0.375. The Hall–Kier alpha value is -1.85. The number of rotatable bonds is 0. The standard InChI is InChI=1S/C4H7NO2.C4H3NO2/c2*6-4-5-2-1-3-7-4/h1-3H2,(H,5,6);1-3H. The van der Waals surface area contributed by atoms with E-state index in [0.29, 0.717) is 6.61 Å². The van der Waals surface area contributed by atoms with Crippen LogP contribution in [0, 0.1) is 0 Å². The lowest BCUT2D eigenvalue weighted by Crippen LogP contribution is -2.31. The predicted molar refractivity (Wildman–Crippen MR) is 46.7 cm³/mol. The van der Waals surface area contributed by atoms with Crippen LogP contribution in [0.15, 0.2) is 27.7 Å². The molecule has 0 bridgehead atoms. The number of ether oxygens (including phenoxy) is 1. The van der Waals surface area contributed by atoms with Crippen molar-refractivity contribution < 1.29 is 13.9 Å². The second-order valence-corrected chi connectivity index (χ2v) is 2.41. The lowest BCUT2D eigenvalue weighted by atomic mass is 10.4. The molecule has 1 fully saturated rings. The van der Waals surface area contributed by atoms with E-state index in [9.17, 15) is 9.59 Å². The van der Waals surface area contributed by atoms with Crippen molar-refractivity contribution in [1.82, 2.24) is 10.3 Å². The monoisotopic (exact) mass is 198 g/mol. The normalized spacial score (nSPS) is 14.4. The zero-order chi connectivity index (χ0) is 10.2. The molecule has 2 rings (SSSR count). The van der Waals surface area contributed by atoms with Crippen LogP contribution in [0.25, 0.3) is 0 Å². The second kappa shape index (κ2) is 5.74. The van der Waals surface area contributed by atoms with Gasteiger partial charge >= 0.3 is 11.8 Å². The molecule has 0 unspecified atom stereocenters. The van der Waals surface area contributed by atoms with E-state index in [4.69, 9.17) is 0 Å². The van der Waals surface area contributed by atoms with Crippen molar-refractivity contribution in [2.45, 2.75) is 6.42 Å². The molecule has 76 valence electrons. The van der Waals surface area contributed by atoms with Gasteiger partial charge in [-0.05, 0) is 12.5 Å². The molecule has 14 heavy (non-hydrogen) atoms. The maximum atomic E-state index is 10.1. The Morgan fingerprint density at radius 2 is 2.29 bits per heavy atom. The van der Waals surface area contributed by atoms with Crippen molar-refractivity contribution in [2.24, 2.45) is 0 Å². The Balaban J connectivity index is 0.000000140. The van der Waals surface area contributed by atoms with Gasteiger partial charge in [-0.2, -0.15) is 4.98 Å². The predicted octanol–water partition coefficient (Wildman–Crippen LogP) is 0.151. The molecular weight excluding hydrogens is 188 g/mol. The molecule has 0 spiro atoms. The van der Waals surface area contributed by atoms with Gasteiger partial charge in [-0.15, -0.1) is 0 Å². The Labute approximate surface area is 79.9 Å². The van der Waals surface area contributed by atoms with E-state index in [2.05, 4.69) is 19.5 Å². The first-order valence-corrected chi connectivity index (χ1v) is 4.09. The number of hydrogen-bond donors (Lipinski definition) is 1. The molecule has 6 heteroatoms. The molecule has 1 amide bonds. The molecule has 1 saturated heterocycles. The maximum Gasteiger partial charge on any atom is 0.438 e. The third-order valence-electron chi connectivity index (χ3n) is 1.34. The minimum Gasteiger partial charge on any atom is -0.449 e. The summed E-state index contributed by atoms with van der Waals surface area (Å²) < 4.78 is 8.79. The molecule has 1 N–H and O–H groups in total. The molecule has 1 aromatic heterocycles. The summed E-state index contributed by atoms with van der Waals surface area (Å²) >= 11 is 0. The first kappa shape index (κ1) is 10.2. The SMILES string of the molecule is O=C1NCCCO1.O=c1nccco1. The van der Waals surface area contributed by atoms with Crippen LogP contribution in [0.3, 0.4) is 0 Å². The molecule has 0 saturated carbocycles. The molecule has 0 atom stereocenters. The van der Waals surface area contributed by atoms with Gasteiger partial charge in [-0.3, -0.25) is 0 Å². The lowest BCUT2D eigenvalue weighted by Gasteiger charge is -2.10. The number of nitrogens with zero attached hydrogens (tertiary/aromatic N) is 1. The molecule has 0 aliphatic carbocycles. The molecule has 2 heterocycles. The van der Waals surface area contributed by atoms with Crippen molar-refractivity contribution in [3.63, 3.8) is 0 Å². The quantitative estimate of drug-likeness (QED) is 0.641. The van der Waals surface area contributed by atoms with Gasteiger partial charge < -0.3 is 14.5 Å². The van der Waals surface area contributed by atoms with Gasteiger partial charge in [0.1, 0.15) is 0 Å². The highest BCUT2D eigenvalue weighted by Crippen LogP contribution is 1.88. The third kappa shape index (κ3) is 4.24. The fourth-order valence-electron chi connectivity index (χ4n) is 0.745. The highest BCUT2D eigenvalue weighted by molar-refractivity contribution is 5.67. The van der Waals surface area contributed by atoms with Gasteiger partial charge in [0.05, 0.1) is 12.9 Å². The summed E-state index contributed by atoms with van der Waals surface area (Å²) in [7, 11) is 0. The van der Waals surface area contributed by atoms with E-state index in [0.717, 1.165) is 13.0 Å². The highest BCUT2D eigenvalue weighted by Gasteiger charge is 2.04. The molecule has 1 aromatic rings. The van der Waals surface area contributed by atoms with E-state index >= 15 is 0 Å². The fourth-order valence-corrected chi connectivity index (χ4v) is 0.745. The van der Waals surface area contributed by atoms with Crippen molar-refractivity contribution in [3.8, 4) is 0 Å². The minimum absolute atomic E-state index is 0.286. The van der Waals surface area contributed by atoms with Crippen LogP contribution in [0.2, 0.25) is 0 Å². The Bertz CT molecular complexity index is 311. The van der Waals surface area contributed by atoms with Crippen molar-refractivity contribution in [1.29, 1.82) is 0 Å². The zero-order valence-corrected chi connectivity index (χ0v) is 7.43. The van der Waals surface area contributed by atoms with E-state index in [-0.39, 0.29) is 6.09 Å². The van der Waals surface area contributed by atoms with Crippen LogP contribution in [-0.2, 0) is 4.74 Å². The first-order valence-electron chi connectivity index (χ1n) is 4.09. The van der Waals surface area contributed by atoms with Crippen molar-refractivity contribution >= 4 is 6.09 Å². The van der Waals surface area contributed by atoms with E-state index in [1.807, 2.05) is 0 Å². The van der Waals surface area contributed by atoms with Crippen molar-refractivity contribution in [3.05, 3.63) is 29.1 Å². The van der Waals surface area contributed by atoms with E-state index in [1.54, 1.807) is 6.07 Å². The summed E-state index contributed by atoms with van der Waals surface area (Å²) in [5.74, 6) is -0.553. The number of aromatic nitrogens is 1. The topological polar surface area (TPSA) is 81.4 Å². The van der Waals surface area contributed by atoms with Gasteiger partial charge in [0, 0.05) is 12.7 Å². The molecule has 1 aliphatic rings. The van der Waals surface area contributed by atoms with E-state index in [1.165, 1.54) is 12.5 Å². The molecule has 6 nitrogen and oxygen atoms in total. The third-order valence-corrected chi connectivity index (χ3v) is 1.34. The molecular formula is C8H10N2O4. The van der Waals surface area contributed by atoms with Crippen LogP contribution in [0.1, 0.15) is 6.42 Å². The van der Waals surface area contributed by atoms with Crippen LogP contribution in [0.5, 0.6) is 0 Å². The number of cyclic esters (lactones) is 1. The Kier molecular flexibility index (Phi) is 4.19. The summed E-state index contributed by atoms with van der Waals surface area (Å²) in [5, 5.41) is 2.52. The Morgan fingerprint density at radius 1 is 1.43 bits per heavy atom. The number of carbonyl (C=O) groups excluding carboxylic acids is 1.